The Morgan fingerprint density at radius 2 is 1.65 bits per heavy atom. The van der Waals surface area contributed by atoms with Gasteiger partial charge in [-0.25, -0.2) is 5.43 Å². The van der Waals surface area contributed by atoms with E-state index in [1.807, 2.05) is 26.0 Å². The summed E-state index contributed by atoms with van der Waals surface area (Å²) in [4.78, 5) is 11.4. The van der Waals surface area contributed by atoms with Gasteiger partial charge in [-0.2, -0.15) is 33.2 Å². The predicted molar refractivity (Wildman–Crippen MR) is 114 cm³/mol. The summed E-state index contributed by atoms with van der Waals surface area (Å²) >= 11 is 0. The van der Waals surface area contributed by atoms with Crippen LogP contribution in [-0.4, -0.2) is 48.2 Å². The van der Waals surface area contributed by atoms with E-state index in [4.69, 9.17) is 0 Å². The molecule has 3 aromatic rings. The highest BCUT2D eigenvalue weighted by molar-refractivity contribution is 6.32. The first-order valence-corrected chi connectivity index (χ1v) is 9.39. The third kappa shape index (κ3) is 8.48. The van der Waals surface area contributed by atoms with Gasteiger partial charge in [-0.15, -0.1) is 13.2 Å². The third-order valence-electron chi connectivity index (χ3n) is 3.74. The van der Waals surface area contributed by atoms with E-state index in [9.17, 15) is 26.3 Å². The van der Waals surface area contributed by atoms with E-state index in [1.165, 1.54) is 18.3 Å². The molecule has 0 saturated carbocycles. The van der Waals surface area contributed by atoms with Crippen molar-refractivity contribution in [3.05, 3.63) is 54.1 Å². The Balaban J connectivity index is 1.78. The molecular formula is C19H15BF6N6O2. The van der Waals surface area contributed by atoms with Gasteiger partial charge in [0.05, 0.1) is 6.21 Å². The standard InChI is InChI=1S/C19H15BF6N6O2/c20-12-3-1-2-11(8-12)9-27-32-16-29-15(30-17(31-16)33-10-18(21,22)23)28-13-4-6-14(7-5-13)34-19(24,25)26/h1-9H,10,20H2,(H2,28,29,30,31,32)/b27-9+. The maximum Gasteiger partial charge on any atom is 0.573 e. The molecule has 2 aromatic carbocycles. The van der Waals surface area contributed by atoms with Crippen molar-refractivity contribution in [1.29, 1.82) is 0 Å². The maximum atomic E-state index is 12.5. The average Bonchev–Trinajstić information content (AvgIpc) is 2.72. The van der Waals surface area contributed by atoms with Crippen LogP contribution in [0.3, 0.4) is 0 Å². The Bertz CT molecular complexity index is 1140. The zero-order chi connectivity index (χ0) is 24.8. The van der Waals surface area contributed by atoms with E-state index in [0.717, 1.165) is 23.2 Å². The van der Waals surface area contributed by atoms with Gasteiger partial charge in [0.25, 0.3) is 5.95 Å². The lowest BCUT2D eigenvalue weighted by atomic mass is 9.95. The van der Waals surface area contributed by atoms with Gasteiger partial charge < -0.3 is 14.8 Å². The molecule has 0 aliphatic carbocycles. The molecule has 178 valence electrons. The second-order valence-corrected chi connectivity index (χ2v) is 6.65. The number of hydrazone groups is 1. The van der Waals surface area contributed by atoms with Crippen molar-refractivity contribution >= 4 is 37.1 Å². The highest BCUT2D eigenvalue weighted by Crippen LogP contribution is 2.25. The van der Waals surface area contributed by atoms with Crippen LogP contribution in [0, 0.1) is 0 Å². The van der Waals surface area contributed by atoms with Crippen molar-refractivity contribution in [2.75, 3.05) is 17.3 Å². The van der Waals surface area contributed by atoms with E-state index in [0.29, 0.717) is 0 Å². The Labute approximate surface area is 189 Å². The number of hydrogen-bond donors (Lipinski definition) is 2. The van der Waals surface area contributed by atoms with Gasteiger partial charge in [0.2, 0.25) is 5.95 Å². The summed E-state index contributed by atoms with van der Waals surface area (Å²) in [5.41, 5.74) is 4.43. The number of rotatable bonds is 8. The van der Waals surface area contributed by atoms with Crippen LogP contribution < -0.4 is 25.7 Å². The summed E-state index contributed by atoms with van der Waals surface area (Å²) < 4.78 is 82.8. The number of aromatic nitrogens is 3. The largest absolute Gasteiger partial charge is 0.573 e. The molecular weight excluding hydrogens is 469 g/mol. The number of nitrogens with one attached hydrogen (secondary N) is 2. The Morgan fingerprint density at radius 3 is 2.29 bits per heavy atom. The molecule has 1 aromatic heterocycles. The lowest BCUT2D eigenvalue weighted by molar-refractivity contribution is -0.274. The number of alkyl halides is 6. The minimum absolute atomic E-state index is 0.219. The van der Waals surface area contributed by atoms with Gasteiger partial charge in [0, 0.05) is 5.69 Å². The first-order valence-electron chi connectivity index (χ1n) is 9.39. The quantitative estimate of drug-likeness (QED) is 0.220. The molecule has 0 spiro atoms. The fourth-order valence-electron chi connectivity index (χ4n) is 2.46. The van der Waals surface area contributed by atoms with Crippen molar-refractivity contribution in [2.45, 2.75) is 12.5 Å². The molecule has 0 unspecified atom stereocenters. The van der Waals surface area contributed by atoms with E-state index >= 15 is 0 Å². The summed E-state index contributed by atoms with van der Waals surface area (Å²) in [6.45, 7) is -1.65. The van der Waals surface area contributed by atoms with E-state index in [1.54, 1.807) is 6.07 Å². The van der Waals surface area contributed by atoms with E-state index < -0.39 is 30.9 Å². The number of halogens is 6. The highest BCUT2D eigenvalue weighted by atomic mass is 19.4. The van der Waals surface area contributed by atoms with Crippen molar-refractivity contribution in [3.63, 3.8) is 0 Å². The van der Waals surface area contributed by atoms with Crippen LogP contribution in [0.2, 0.25) is 0 Å². The number of nitrogens with zero attached hydrogens (tertiary/aromatic N) is 4. The molecule has 0 aliphatic rings. The van der Waals surface area contributed by atoms with Crippen LogP contribution in [0.15, 0.2) is 53.6 Å². The minimum Gasteiger partial charge on any atom is -0.454 e. The number of ether oxygens (including phenoxy) is 2. The zero-order valence-corrected chi connectivity index (χ0v) is 17.3. The highest BCUT2D eigenvalue weighted by Gasteiger charge is 2.31. The van der Waals surface area contributed by atoms with Crippen molar-refractivity contribution in [3.8, 4) is 11.8 Å². The van der Waals surface area contributed by atoms with Gasteiger partial charge in [-0.3, -0.25) is 0 Å². The van der Waals surface area contributed by atoms with Gasteiger partial charge in [0.1, 0.15) is 13.6 Å². The molecule has 0 fully saturated rings. The molecule has 15 heteroatoms. The molecule has 3 rings (SSSR count). The second-order valence-electron chi connectivity index (χ2n) is 6.65. The Kier molecular flexibility index (Phi) is 7.43. The van der Waals surface area contributed by atoms with Crippen LogP contribution in [0.1, 0.15) is 5.56 Å². The lowest BCUT2D eigenvalue weighted by Crippen LogP contribution is -2.20. The topological polar surface area (TPSA) is 93.6 Å². The fourth-order valence-corrected chi connectivity index (χ4v) is 2.46. The monoisotopic (exact) mass is 484 g/mol. The van der Waals surface area contributed by atoms with Crippen molar-refractivity contribution in [2.24, 2.45) is 5.10 Å². The van der Waals surface area contributed by atoms with Crippen LogP contribution in [0.5, 0.6) is 11.8 Å². The maximum absolute atomic E-state index is 12.5. The lowest BCUT2D eigenvalue weighted by Gasteiger charge is -2.12. The number of benzene rings is 2. The summed E-state index contributed by atoms with van der Waals surface area (Å²) in [5, 5.41) is 6.58. The smallest absolute Gasteiger partial charge is 0.454 e. The first kappa shape index (κ1) is 24.6. The van der Waals surface area contributed by atoms with Gasteiger partial charge in [-0.05, 0) is 29.8 Å². The van der Waals surface area contributed by atoms with Gasteiger partial charge in [0.15, 0.2) is 6.61 Å². The molecule has 0 aliphatic heterocycles. The summed E-state index contributed by atoms with van der Waals surface area (Å²) in [7, 11) is 1.89. The average molecular weight is 484 g/mol. The molecule has 8 nitrogen and oxygen atoms in total. The summed E-state index contributed by atoms with van der Waals surface area (Å²) in [6, 6.07) is 11.2. The fraction of sp³-hybridized carbons (Fsp3) is 0.158. The molecule has 34 heavy (non-hydrogen) atoms. The number of hydrogen-bond acceptors (Lipinski definition) is 8. The molecule has 0 bridgehead atoms. The third-order valence-corrected chi connectivity index (χ3v) is 3.74. The van der Waals surface area contributed by atoms with E-state index in [2.05, 4.69) is 40.3 Å². The predicted octanol–water partition coefficient (Wildman–Crippen LogP) is 3.16. The second kappa shape index (κ2) is 10.3. The molecule has 2 N–H and O–H groups in total. The van der Waals surface area contributed by atoms with Crippen molar-refractivity contribution < 1.29 is 35.8 Å². The Morgan fingerprint density at radius 1 is 0.941 bits per heavy atom. The summed E-state index contributed by atoms with van der Waals surface area (Å²) in [5.74, 6) is -0.948. The number of anilines is 3. The zero-order valence-electron chi connectivity index (χ0n) is 17.3. The molecule has 0 amide bonds. The van der Waals surface area contributed by atoms with Crippen LogP contribution >= 0.6 is 0 Å². The minimum atomic E-state index is -4.85. The molecule has 0 saturated heterocycles. The SMILES string of the molecule is Bc1cccc(/C=N/Nc2nc(Nc3ccc(OC(F)(F)F)cc3)nc(OCC(F)(F)F)n2)c1. The Hall–Kier alpha value is -4.04. The normalized spacial score (nSPS) is 11.9. The van der Waals surface area contributed by atoms with Crippen LogP contribution in [-0.2, 0) is 0 Å². The van der Waals surface area contributed by atoms with Crippen LogP contribution in [0.4, 0.5) is 43.9 Å². The molecule has 0 atom stereocenters. The van der Waals surface area contributed by atoms with Crippen LogP contribution in [0.25, 0.3) is 0 Å². The first-order chi connectivity index (χ1) is 15.9. The molecule has 1 heterocycles. The van der Waals surface area contributed by atoms with Gasteiger partial charge >= 0.3 is 18.5 Å². The van der Waals surface area contributed by atoms with Crippen molar-refractivity contribution in [1.82, 2.24) is 15.0 Å². The van der Waals surface area contributed by atoms with Gasteiger partial charge in [-0.1, -0.05) is 29.7 Å². The summed E-state index contributed by atoms with van der Waals surface area (Å²) in [6.07, 6.45) is -8.04. The van der Waals surface area contributed by atoms with E-state index in [-0.39, 0.29) is 17.6 Å². The molecule has 0 radical (unpaired) electrons.